The molecule has 0 aliphatic carbocycles. The van der Waals surface area contributed by atoms with E-state index in [1.165, 1.54) is 42.2 Å². The van der Waals surface area contributed by atoms with E-state index in [9.17, 15) is 0 Å². The summed E-state index contributed by atoms with van der Waals surface area (Å²) in [7, 11) is 0. The number of rotatable bonds is 3. The maximum absolute atomic E-state index is 3.20. The molecule has 0 aromatic heterocycles. The predicted molar refractivity (Wildman–Crippen MR) is 30.1 cm³/mol. The fraction of sp³-hybridized carbons (Fsp3) is 1.00. The van der Waals surface area contributed by atoms with E-state index in [2.05, 4.69) is 10.5 Å². The van der Waals surface area contributed by atoms with E-state index in [1.54, 1.807) is 0 Å². The summed E-state index contributed by atoms with van der Waals surface area (Å²) in [6.07, 6.45) is 2.65. The van der Waals surface area contributed by atoms with Gasteiger partial charge in [0.15, 0.2) is 0 Å². The Labute approximate surface area is 52.9 Å². The fourth-order valence-electron chi connectivity index (χ4n) is 0.279. The first kappa shape index (κ1) is 6.76. The second-order valence-electron chi connectivity index (χ2n) is 1.31. The van der Waals surface area contributed by atoms with Crippen molar-refractivity contribution in [3.05, 3.63) is 0 Å². The summed E-state index contributed by atoms with van der Waals surface area (Å²) in [5, 5.41) is 0. The van der Waals surface area contributed by atoms with E-state index < -0.39 is 0 Å². The zero-order chi connectivity index (χ0) is 4.83. The van der Waals surface area contributed by atoms with Gasteiger partial charge in [-0.2, -0.15) is 0 Å². The Morgan fingerprint density at radius 3 is 2.50 bits per heavy atom. The van der Waals surface area contributed by atoms with Gasteiger partial charge in [0.2, 0.25) is 0 Å². The summed E-state index contributed by atoms with van der Waals surface area (Å²) >= 11 is 1.21. The van der Waals surface area contributed by atoms with Gasteiger partial charge in [-0.25, -0.2) is 0 Å². The topological polar surface area (TPSA) is 12.0 Å². The Morgan fingerprint density at radius 2 is 2.33 bits per heavy atom. The molecular formula is C4H11NSn. The van der Waals surface area contributed by atoms with Crippen molar-refractivity contribution >= 4 is 22.8 Å². The molecule has 2 heteroatoms. The first-order chi connectivity index (χ1) is 2.91. The van der Waals surface area contributed by atoms with E-state index in [-0.39, 0.29) is 0 Å². The molecule has 0 aromatic carbocycles. The number of hydrogen-bond acceptors (Lipinski definition) is 1. The van der Waals surface area contributed by atoms with Crippen molar-refractivity contribution in [2.75, 3.05) is 6.54 Å². The van der Waals surface area contributed by atoms with Crippen LogP contribution in [0.2, 0.25) is 0 Å². The van der Waals surface area contributed by atoms with Gasteiger partial charge in [-0.3, -0.25) is 0 Å². The van der Waals surface area contributed by atoms with Crippen LogP contribution >= 0.6 is 0 Å². The Kier molecular flexibility index (Phi) is 6.49. The van der Waals surface area contributed by atoms with Gasteiger partial charge in [-0.05, 0) is 0 Å². The summed E-state index contributed by atoms with van der Waals surface area (Å²) < 4.78 is 3.20. The van der Waals surface area contributed by atoms with Crippen LogP contribution < -0.4 is 3.54 Å². The third-order valence-electron chi connectivity index (χ3n) is 0.675. The monoisotopic (exact) mass is 193 g/mol. The van der Waals surface area contributed by atoms with Crippen LogP contribution in [-0.4, -0.2) is 29.3 Å². The van der Waals surface area contributed by atoms with Crippen molar-refractivity contribution in [2.24, 2.45) is 0 Å². The molecule has 0 saturated heterocycles. The van der Waals surface area contributed by atoms with E-state index in [0.29, 0.717) is 0 Å². The second kappa shape index (κ2) is 5.76. The Morgan fingerprint density at radius 1 is 1.67 bits per heavy atom. The molecule has 0 amide bonds. The third-order valence-corrected chi connectivity index (χ3v) is 1.50. The first-order valence-corrected chi connectivity index (χ1v) is 4.00. The molecule has 1 N–H and O–H groups in total. The van der Waals surface area contributed by atoms with Crippen molar-refractivity contribution in [3.63, 3.8) is 0 Å². The first-order valence-electron chi connectivity index (χ1n) is 2.35. The van der Waals surface area contributed by atoms with Gasteiger partial charge in [0, 0.05) is 0 Å². The fourth-order valence-corrected chi connectivity index (χ4v) is 0.861. The van der Waals surface area contributed by atoms with E-state index >= 15 is 0 Å². The van der Waals surface area contributed by atoms with Gasteiger partial charge >= 0.3 is 52.6 Å². The van der Waals surface area contributed by atoms with Crippen molar-refractivity contribution in [1.29, 1.82) is 0 Å². The molecule has 0 spiro atoms. The Hall–Kier alpha value is 0.759. The second-order valence-corrected chi connectivity index (χ2v) is 2.47. The molecule has 0 aromatic rings. The number of hydrogen-bond donors (Lipinski definition) is 1. The summed E-state index contributed by atoms with van der Waals surface area (Å²) in [5.74, 6) is 0. The van der Waals surface area contributed by atoms with Crippen molar-refractivity contribution in [1.82, 2.24) is 3.54 Å². The number of unbranched alkanes of at least 4 members (excludes halogenated alkanes) is 1. The normalized spacial score (nSPS) is 9.00. The zero-order valence-corrected chi connectivity index (χ0v) is 7.49. The minimum atomic E-state index is 1.21. The maximum atomic E-state index is 3.20. The van der Waals surface area contributed by atoms with Crippen LogP contribution in [0.25, 0.3) is 0 Å². The minimum absolute atomic E-state index is 1.21. The van der Waals surface area contributed by atoms with Gasteiger partial charge < -0.3 is 0 Å². The molecule has 0 saturated carbocycles. The summed E-state index contributed by atoms with van der Waals surface area (Å²) in [6, 6.07) is 0. The van der Waals surface area contributed by atoms with E-state index in [4.69, 9.17) is 0 Å². The molecule has 1 nitrogen and oxygen atoms in total. The summed E-state index contributed by atoms with van der Waals surface area (Å²) in [4.78, 5) is 0. The van der Waals surface area contributed by atoms with Crippen LogP contribution in [0.4, 0.5) is 0 Å². The van der Waals surface area contributed by atoms with Crippen molar-refractivity contribution in [2.45, 2.75) is 19.8 Å². The van der Waals surface area contributed by atoms with E-state index in [0.717, 1.165) is 0 Å². The van der Waals surface area contributed by atoms with Crippen molar-refractivity contribution in [3.8, 4) is 0 Å². The summed E-state index contributed by atoms with van der Waals surface area (Å²) in [5.41, 5.74) is 0. The van der Waals surface area contributed by atoms with Gasteiger partial charge in [-0.15, -0.1) is 0 Å². The molecule has 36 valence electrons. The molecule has 0 bridgehead atoms. The predicted octanol–water partition coefficient (Wildman–Crippen LogP) is 0.192. The molecule has 2 radical (unpaired) electrons. The van der Waals surface area contributed by atoms with Crippen LogP contribution in [0, 0.1) is 0 Å². The third kappa shape index (κ3) is 4.76. The average Bonchev–Trinajstić information content (AvgIpc) is 1.61. The molecule has 0 fully saturated rings. The van der Waals surface area contributed by atoms with Gasteiger partial charge in [0.25, 0.3) is 0 Å². The zero-order valence-electron chi connectivity index (χ0n) is 4.20. The molecule has 0 rings (SSSR count). The van der Waals surface area contributed by atoms with Crippen LogP contribution in [0.1, 0.15) is 19.8 Å². The van der Waals surface area contributed by atoms with Crippen molar-refractivity contribution < 1.29 is 0 Å². The van der Waals surface area contributed by atoms with Crippen LogP contribution in [0.15, 0.2) is 0 Å². The molecule has 6 heavy (non-hydrogen) atoms. The SMILES string of the molecule is CCCC[NH][SnH]. The molecule has 0 aliphatic rings. The molecular weight excluding hydrogens is 181 g/mol. The average molecular weight is 192 g/mol. The molecule has 0 atom stereocenters. The van der Waals surface area contributed by atoms with Gasteiger partial charge in [0.1, 0.15) is 0 Å². The van der Waals surface area contributed by atoms with Crippen LogP contribution in [0.3, 0.4) is 0 Å². The quantitative estimate of drug-likeness (QED) is 0.497. The van der Waals surface area contributed by atoms with Crippen LogP contribution in [0.5, 0.6) is 0 Å². The van der Waals surface area contributed by atoms with E-state index in [1.807, 2.05) is 0 Å². The molecule has 0 unspecified atom stereocenters. The Balaban J connectivity index is 2.34. The van der Waals surface area contributed by atoms with Gasteiger partial charge in [0.05, 0.1) is 0 Å². The summed E-state index contributed by atoms with van der Waals surface area (Å²) in [6.45, 7) is 3.43. The Bertz CT molecular complexity index is 19.5. The molecule has 0 heterocycles. The number of nitrogens with one attached hydrogen (secondary N) is 1. The van der Waals surface area contributed by atoms with Crippen LogP contribution in [-0.2, 0) is 0 Å². The standard InChI is InChI=1S/C4H10N.Sn.H/c1-2-3-4-5;;/h5H,2-4H2,1H3;;/q-1;+1;. The van der Waals surface area contributed by atoms with Gasteiger partial charge in [-0.1, -0.05) is 0 Å². The molecule has 0 aliphatic heterocycles.